The average Bonchev–Trinajstić information content (AvgIpc) is 2.29. The molecule has 0 unspecified atom stereocenters. The van der Waals surface area contributed by atoms with Gasteiger partial charge in [0.25, 0.3) is 0 Å². The van der Waals surface area contributed by atoms with E-state index in [9.17, 15) is 4.79 Å². The van der Waals surface area contributed by atoms with Crippen molar-refractivity contribution < 1.29 is 4.79 Å². The molecular weight excluding hydrogens is 198 g/mol. The van der Waals surface area contributed by atoms with Crippen LogP contribution in [0.15, 0.2) is 43.0 Å². The second kappa shape index (κ2) is 6.62. The van der Waals surface area contributed by atoms with Crippen molar-refractivity contribution in [1.82, 2.24) is 5.32 Å². The molecular formula is C14H17NO. The van der Waals surface area contributed by atoms with Gasteiger partial charge in [0, 0.05) is 12.6 Å². The van der Waals surface area contributed by atoms with E-state index >= 15 is 0 Å². The van der Waals surface area contributed by atoms with E-state index < -0.39 is 0 Å². The highest BCUT2D eigenvalue weighted by molar-refractivity contribution is 5.91. The molecule has 0 aliphatic carbocycles. The molecule has 2 nitrogen and oxygen atoms in total. The normalized spacial score (nSPS) is 10.3. The van der Waals surface area contributed by atoms with Gasteiger partial charge < -0.3 is 5.32 Å². The highest BCUT2D eigenvalue weighted by Crippen LogP contribution is 2.04. The maximum atomic E-state index is 11.3. The largest absolute Gasteiger partial charge is 0.352 e. The molecule has 84 valence electrons. The second-order valence-corrected chi connectivity index (χ2v) is 3.61. The lowest BCUT2D eigenvalue weighted by molar-refractivity contribution is -0.116. The topological polar surface area (TPSA) is 29.1 Å². The van der Waals surface area contributed by atoms with Crippen molar-refractivity contribution in [2.24, 2.45) is 0 Å². The van der Waals surface area contributed by atoms with E-state index in [1.807, 2.05) is 37.3 Å². The highest BCUT2D eigenvalue weighted by atomic mass is 16.1. The Morgan fingerprint density at radius 3 is 2.69 bits per heavy atom. The van der Waals surface area contributed by atoms with Gasteiger partial charge in [-0.2, -0.15) is 0 Å². The fourth-order valence-corrected chi connectivity index (χ4v) is 1.21. The van der Waals surface area contributed by atoms with Crippen molar-refractivity contribution in [3.8, 4) is 0 Å². The van der Waals surface area contributed by atoms with Crippen LogP contribution in [0.2, 0.25) is 0 Å². The first-order valence-corrected chi connectivity index (χ1v) is 5.36. The van der Waals surface area contributed by atoms with E-state index in [-0.39, 0.29) is 5.91 Å². The summed E-state index contributed by atoms with van der Waals surface area (Å²) in [5.74, 6) is -0.0672. The Labute approximate surface area is 96.7 Å². The van der Waals surface area contributed by atoms with Crippen LogP contribution < -0.4 is 5.32 Å². The Morgan fingerprint density at radius 2 is 2.06 bits per heavy atom. The fraction of sp³-hybridized carbons (Fsp3) is 0.214. The maximum absolute atomic E-state index is 11.3. The Bertz CT molecular complexity index is 376. The molecule has 1 aromatic carbocycles. The molecule has 0 saturated carbocycles. The first kappa shape index (κ1) is 12.2. The van der Waals surface area contributed by atoms with Gasteiger partial charge in [0.15, 0.2) is 0 Å². The summed E-state index contributed by atoms with van der Waals surface area (Å²) in [5.41, 5.74) is 2.25. The van der Waals surface area contributed by atoms with Crippen molar-refractivity contribution in [2.45, 2.75) is 13.3 Å². The first-order chi connectivity index (χ1) is 7.72. The van der Waals surface area contributed by atoms with Crippen LogP contribution in [0.25, 0.3) is 6.08 Å². The smallest absolute Gasteiger partial charge is 0.244 e. The molecule has 0 spiro atoms. The second-order valence-electron chi connectivity index (χ2n) is 3.61. The lowest BCUT2D eigenvalue weighted by Gasteiger charge is -1.98. The van der Waals surface area contributed by atoms with Crippen molar-refractivity contribution in [3.05, 3.63) is 54.1 Å². The Kier molecular flexibility index (Phi) is 5.06. The van der Waals surface area contributed by atoms with Crippen molar-refractivity contribution in [3.63, 3.8) is 0 Å². The van der Waals surface area contributed by atoms with E-state index in [2.05, 4.69) is 11.9 Å². The van der Waals surface area contributed by atoms with E-state index in [0.29, 0.717) is 6.54 Å². The summed E-state index contributed by atoms with van der Waals surface area (Å²) in [4.78, 5) is 11.3. The van der Waals surface area contributed by atoms with Crippen LogP contribution in [0.3, 0.4) is 0 Å². The van der Waals surface area contributed by atoms with E-state index in [1.54, 1.807) is 12.2 Å². The molecule has 0 bridgehead atoms. The summed E-state index contributed by atoms with van der Waals surface area (Å²) < 4.78 is 0. The van der Waals surface area contributed by atoms with Gasteiger partial charge in [-0.3, -0.25) is 4.79 Å². The van der Waals surface area contributed by atoms with Crippen molar-refractivity contribution in [2.75, 3.05) is 6.54 Å². The quantitative estimate of drug-likeness (QED) is 0.456. The van der Waals surface area contributed by atoms with Crippen LogP contribution in [0, 0.1) is 6.92 Å². The Morgan fingerprint density at radius 1 is 1.38 bits per heavy atom. The number of carbonyl (C=O) groups is 1. The Balaban J connectivity index is 2.43. The van der Waals surface area contributed by atoms with Crippen molar-refractivity contribution in [1.29, 1.82) is 0 Å². The van der Waals surface area contributed by atoms with Gasteiger partial charge in [-0.05, 0) is 25.0 Å². The summed E-state index contributed by atoms with van der Waals surface area (Å²) in [7, 11) is 0. The molecule has 1 N–H and O–H groups in total. The van der Waals surface area contributed by atoms with Gasteiger partial charge >= 0.3 is 0 Å². The monoisotopic (exact) mass is 215 g/mol. The average molecular weight is 215 g/mol. The number of nitrogens with one attached hydrogen (secondary N) is 1. The lowest BCUT2D eigenvalue weighted by atomic mass is 10.1. The molecule has 0 heterocycles. The number of aryl methyl sites for hydroxylation is 1. The van der Waals surface area contributed by atoms with Gasteiger partial charge in [-0.25, -0.2) is 0 Å². The van der Waals surface area contributed by atoms with Crippen molar-refractivity contribution >= 4 is 12.0 Å². The van der Waals surface area contributed by atoms with Crippen LogP contribution in [0.5, 0.6) is 0 Å². The zero-order valence-corrected chi connectivity index (χ0v) is 9.57. The van der Waals surface area contributed by atoms with Crippen LogP contribution in [-0.2, 0) is 4.79 Å². The maximum Gasteiger partial charge on any atom is 0.244 e. The lowest BCUT2D eigenvalue weighted by Crippen LogP contribution is -2.21. The van der Waals surface area contributed by atoms with Crippen LogP contribution >= 0.6 is 0 Å². The van der Waals surface area contributed by atoms with Gasteiger partial charge in [0.2, 0.25) is 5.91 Å². The van der Waals surface area contributed by atoms with E-state index in [4.69, 9.17) is 0 Å². The van der Waals surface area contributed by atoms with E-state index in [0.717, 1.165) is 12.0 Å². The molecule has 0 atom stereocenters. The van der Waals surface area contributed by atoms with Gasteiger partial charge in [0.1, 0.15) is 0 Å². The molecule has 0 aliphatic heterocycles. The minimum atomic E-state index is -0.0672. The van der Waals surface area contributed by atoms with Gasteiger partial charge in [0.05, 0.1) is 0 Å². The number of carbonyl (C=O) groups excluding carboxylic acids is 1. The van der Waals surface area contributed by atoms with E-state index in [1.165, 1.54) is 5.56 Å². The van der Waals surface area contributed by atoms with Gasteiger partial charge in [-0.15, -0.1) is 6.58 Å². The predicted octanol–water partition coefficient (Wildman–Crippen LogP) is 2.70. The van der Waals surface area contributed by atoms with Crippen LogP contribution in [0.4, 0.5) is 0 Å². The number of hydrogen-bond donors (Lipinski definition) is 1. The highest BCUT2D eigenvalue weighted by Gasteiger charge is 1.93. The Hall–Kier alpha value is -1.83. The first-order valence-electron chi connectivity index (χ1n) is 5.36. The number of hydrogen-bond acceptors (Lipinski definition) is 1. The SMILES string of the molecule is C=CCCNC(=O)/C=C/c1ccc(C)cc1. The molecule has 1 aromatic rings. The number of rotatable bonds is 5. The predicted molar refractivity (Wildman–Crippen MR) is 68.0 cm³/mol. The summed E-state index contributed by atoms with van der Waals surface area (Å²) in [6.07, 6.45) is 5.94. The molecule has 2 heteroatoms. The molecule has 0 aliphatic rings. The summed E-state index contributed by atoms with van der Waals surface area (Å²) >= 11 is 0. The summed E-state index contributed by atoms with van der Waals surface area (Å²) in [5, 5.41) is 2.77. The minimum Gasteiger partial charge on any atom is -0.352 e. The summed E-state index contributed by atoms with van der Waals surface area (Å²) in [6.45, 7) is 6.27. The third-order valence-electron chi connectivity index (χ3n) is 2.15. The van der Waals surface area contributed by atoms with Crippen LogP contribution in [-0.4, -0.2) is 12.5 Å². The zero-order chi connectivity index (χ0) is 11.8. The molecule has 0 saturated heterocycles. The fourth-order valence-electron chi connectivity index (χ4n) is 1.21. The standard InChI is InChI=1S/C14H17NO/c1-3-4-11-15-14(16)10-9-13-7-5-12(2)6-8-13/h3,5-10H,1,4,11H2,2H3,(H,15,16)/b10-9+. The number of amides is 1. The van der Waals surface area contributed by atoms with Gasteiger partial charge in [-0.1, -0.05) is 35.9 Å². The molecule has 1 amide bonds. The zero-order valence-electron chi connectivity index (χ0n) is 9.57. The minimum absolute atomic E-state index is 0.0672. The molecule has 0 aromatic heterocycles. The molecule has 0 radical (unpaired) electrons. The third-order valence-corrected chi connectivity index (χ3v) is 2.15. The number of benzene rings is 1. The molecule has 16 heavy (non-hydrogen) atoms. The summed E-state index contributed by atoms with van der Waals surface area (Å²) in [6, 6.07) is 8.02. The molecule has 1 rings (SSSR count). The van der Waals surface area contributed by atoms with Crippen LogP contribution in [0.1, 0.15) is 17.5 Å². The molecule has 0 fully saturated rings. The third kappa shape index (κ3) is 4.60.